The molecule has 0 aliphatic heterocycles. The highest BCUT2D eigenvalue weighted by atomic mass is 19.4. The average molecular weight is 346 g/mol. The standard InChI is InChI=1S/C17H25F3N2O2/c1-6-8-16(23,17(18,19)20)13-9-12(3)14(10-15(13)24-5)21-11-22(4)7-2/h9-11,23H,6-8H2,1-5H3. The van der Waals surface area contributed by atoms with Gasteiger partial charge in [-0.2, -0.15) is 13.2 Å². The minimum Gasteiger partial charge on any atom is -0.496 e. The molecule has 0 aliphatic carbocycles. The van der Waals surface area contributed by atoms with Gasteiger partial charge in [0, 0.05) is 25.2 Å². The van der Waals surface area contributed by atoms with E-state index in [4.69, 9.17) is 4.74 Å². The second-order valence-corrected chi connectivity index (χ2v) is 5.76. The SMILES string of the molecule is CCCC(O)(c1cc(C)c(N=CN(C)CC)cc1OC)C(F)(F)F. The number of aliphatic hydroxyl groups is 1. The fourth-order valence-corrected chi connectivity index (χ4v) is 2.34. The summed E-state index contributed by atoms with van der Waals surface area (Å²) in [4.78, 5) is 6.11. The van der Waals surface area contributed by atoms with Crippen LogP contribution in [0, 0.1) is 6.92 Å². The third kappa shape index (κ3) is 4.20. The molecule has 24 heavy (non-hydrogen) atoms. The van der Waals surface area contributed by atoms with Crippen LogP contribution in [0.4, 0.5) is 18.9 Å². The predicted octanol–water partition coefficient (Wildman–Crippen LogP) is 4.17. The van der Waals surface area contributed by atoms with Crippen LogP contribution < -0.4 is 4.74 Å². The third-order valence-corrected chi connectivity index (χ3v) is 3.94. The van der Waals surface area contributed by atoms with Gasteiger partial charge in [-0.05, 0) is 31.9 Å². The highest BCUT2D eigenvalue weighted by Crippen LogP contribution is 2.47. The summed E-state index contributed by atoms with van der Waals surface area (Å²) in [6.45, 7) is 5.96. The van der Waals surface area contributed by atoms with Crippen LogP contribution in [0.25, 0.3) is 0 Å². The van der Waals surface area contributed by atoms with Gasteiger partial charge in [0.05, 0.1) is 19.1 Å². The molecule has 0 radical (unpaired) electrons. The van der Waals surface area contributed by atoms with Crippen molar-refractivity contribution in [2.75, 3.05) is 20.7 Å². The summed E-state index contributed by atoms with van der Waals surface area (Å²) in [6.07, 6.45) is -3.45. The summed E-state index contributed by atoms with van der Waals surface area (Å²) in [5, 5.41) is 10.4. The summed E-state index contributed by atoms with van der Waals surface area (Å²) in [6, 6.07) is 2.73. The number of ether oxygens (including phenoxy) is 1. The van der Waals surface area contributed by atoms with Crippen LogP contribution in [0.1, 0.15) is 37.8 Å². The highest BCUT2D eigenvalue weighted by Gasteiger charge is 2.55. The Balaban J connectivity index is 3.45. The van der Waals surface area contributed by atoms with E-state index in [0.717, 1.165) is 6.54 Å². The number of halogens is 3. The monoisotopic (exact) mass is 346 g/mol. The fraction of sp³-hybridized carbons (Fsp3) is 0.588. The Hall–Kier alpha value is -1.76. The second-order valence-electron chi connectivity index (χ2n) is 5.76. The predicted molar refractivity (Wildman–Crippen MR) is 89.0 cm³/mol. The van der Waals surface area contributed by atoms with Crippen LogP contribution in [-0.4, -0.2) is 43.2 Å². The highest BCUT2D eigenvalue weighted by molar-refractivity contribution is 5.65. The number of hydrogen-bond acceptors (Lipinski definition) is 3. The molecular weight excluding hydrogens is 321 g/mol. The maximum Gasteiger partial charge on any atom is 0.421 e. The van der Waals surface area contributed by atoms with Crippen LogP contribution in [0.5, 0.6) is 5.75 Å². The van der Waals surface area contributed by atoms with Crippen molar-refractivity contribution in [2.24, 2.45) is 4.99 Å². The Labute approximate surface area is 141 Å². The van der Waals surface area contributed by atoms with E-state index in [-0.39, 0.29) is 17.7 Å². The molecule has 0 heterocycles. The lowest BCUT2D eigenvalue weighted by Gasteiger charge is -2.32. The molecule has 0 fully saturated rings. The first-order valence-corrected chi connectivity index (χ1v) is 7.83. The molecule has 1 unspecified atom stereocenters. The van der Waals surface area contributed by atoms with Crippen LogP contribution in [0.2, 0.25) is 0 Å². The molecule has 1 rings (SSSR count). The molecule has 1 aromatic carbocycles. The first kappa shape index (κ1) is 20.3. The van der Waals surface area contributed by atoms with E-state index in [0.29, 0.717) is 11.3 Å². The van der Waals surface area contributed by atoms with Gasteiger partial charge in [0.2, 0.25) is 0 Å². The molecule has 1 aromatic rings. The molecule has 7 heteroatoms. The smallest absolute Gasteiger partial charge is 0.421 e. The molecule has 0 spiro atoms. The largest absolute Gasteiger partial charge is 0.496 e. The summed E-state index contributed by atoms with van der Waals surface area (Å²) < 4.78 is 45.6. The Kier molecular flexibility index (Phi) is 6.66. The number of methoxy groups -OCH3 is 1. The van der Waals surface area contributed by atoms with Crippen molar-refractivity contribution in [1.29, 1.82) is 0 Å². The molecule has 1 atom stereocenters. The number of hydrogen-bond donors (Lipinski definition) is 1. The van der Waals surface area contributed by atoms with E-state index in [9.17, 15) is 18.3 Å². The number of rotatable bonds is 7. The first-order chi connectivity index (χ1) is 11.1. The summed E-state index contributed by atoms with van der Waals surface area (Å²) in [5.74, 6) is -0.0276. The normalized spacial score (nSPS) is 14.7. The third-order valence-electron chi connectivity index (χ3n) is 3.94. The number of alkyl halides is 3. The molecule has 136 valence electrons. The molecule has 1 N–H and O–H groups in total. The molecule has 0 saturated carbocycles. The Morgan fingerprint density at radius 2 is 1.92 bits per heavy atom. The molecule has 0 amide bonds. The molecule has 0 aliphatic rings. The molecule has 4 nitrogen and oxygen atoms in total. The summed E-state index contributed by atoms with van der Waals surface area (Å²) >= 11 is 0. The first-order valence-electron chi connectivity index (χ1n) is 7.83. The van der Waals surface area contributed by atoms with Crippen molar-refractivity contribution in [3.63, 3.8) is 0 Å². The van der Waals surface area contributed by atoms with Crippen LogP contribution in [-0.2, 0) is 5.60 Å². The van der Waals surface area contributed by atoms with Crippen LogP contribution >= 0.6 is 0 Å². The van der Waals surface area contributed by atoms with Crippen molar-refractivity contribution in [3.05, 3.63) is 23.3 Å². The lowest BCUT2D eigenvalue weighted by Crippen LogP contribution is -2.42. The Morgan fingerprint density at radius 1 is 1.29 bits per heavy atom. The maximum atomic E-state index is 13.5. The zero-order valence-corrected chi connectivity index (χ0v) is 14.7. The van der Waals surface area contributed by atoms with E-state index in [1.54, 1.807) is 20.2 Å². The zero-order chi connectivity index (χ0) is 18.5. The number of benzene rings is 1. The minimum atomic E-state index is -4.80. The molecule has 0 saturated heterocycles. The zero-order valence-electron chi connectivity index (χ0n) is 14.7. The van der Waals surface area contributed by atoms with Crippen molar-refractivity contribution >= 4 is 12.0 Å². The van der Waals surface area contributed by atoms with Gasteiger partial charge >= 0.3 is 6.18 Å². The van der Waals surface area contributed by atoms with Gasteiger partial charge < -0.3 is 14.7 Å². The quantitative estimate of drug-likeness (QED) is 0.595. The topological polar surface area (TPSA) is 45.1 Å². The minimum absolute atomic E-state index is 0.0276. The fourth-order valence-electron chi connectivity index (χ4n) is 2.34. The average Bonchev–Trinajstić information content (AvgIpc) is 2.52. The molecular formula is C17H25F3N2O2. The summed E-state index contributed by atoms with van der Waals surface area (Å²) in [7, 11) is 3.12. The van der Waals surface area contributed by atoms with Gasteiger partial charge in [0.25, 0.3) is 0 Å². The van der Waals surface area contributed by atoms with Crippen LogP contribution in [0.15, 0.2) is 17.1 Å². The Bertz CT molecular complexity index is 588. The molecule has 0 bridgehead atoms. The lowest BCUT2D eigenvalue weighted by atomic mass is 9.86. The van der Waals surface area contributed by atoms with E-state index >= 15 is 0 Å². The maximum absolute atomic E-state index is 13.5. The number of aliphatic imine (C=N–C) groups is 1. The summed E-state index contributed by atoms with van der Waals surface area (Å²) in [5.41, 5.74) is -2.19. The van der Waals surface area contributed by atoms with E-state index in [1.165, 1.54) is 19.2 Å². The van der Waals surface area contributed by atoms with Crippen LogP contribution in [0.3, 0.4) is 0 Å². The number of nitrogens with zero attached hydrogens (tertiary/aromatic N) is 2. The Morgan fingerprint density at radius 3 is 2.38 bits per heavy atom. The van der Waals surface area contributed by atoms with Gasteiger partial charge in [-0.1, -0.05) is 13.3 Å². The number of aryl methyl sites for hydroxylation is 1. The van der Waals surface area contributed by atoms with Crippen molar-refractivity contribution in [2.45, 2.75) is 45.4 Å². The van der Waals surface area contributed by atoms with E-state index < -0.39 is 18.2 Å². The van der Waals surface area contributed by atoms with Gasteiger partial charge in [-0.15, -0.1) is 0 Å². The van der Waals surface area contributed by atoms with Crippen molar-refractivity contribution in [1.82, 2.24) is 4.90 Å². The lowest BCUT2D eigenvalue weighted by molar-refractivity contribution is -0.269. The van der Waals surface area contributed by atoms with Gasteiger partial charge in [0.1, 0.15) is 5.75 Å². The van der Waals surface area contributed by atoms with Gasteiger partial charge in [-0.3, -0.25) is 0 Å². The van der Waals surface area contributed by atoms with Gasteiger partial charge in [-0.25, -0.2) is 4.99 Å². The molecule has 0 aromatic heterocycles. The van der Waals surface area contributed by atoms with E-state index in [1.807, 2.05) is 18.9 Å². The second kappa shape index (κ2) is 7.88. The van der Waals surface area contributed by atoms with Crippen molar-refractivity contribution < 1.29 is 23.0 Å². The van der Waals surface area contributed by atoms with Gasteiger partial charge in [0.15, 0.2) is 5.60 Å². The van der Waals surface area contributed by atoms with Crippen molar-refractivity contribution in [3.8, 4) is 5.75 Å². The van der Waals surface area contributed by atoms with E-state index in [2.05, 4.69) is 4.99 Å².